The van der Waals surface area contributed by atoms with Gasteiger partial charge >= 0.3 is 6.18 Å². The van der Waals surface area contributed by atoms with Gasteiger partial charge in [0.25, 0.3) is 5.91 Å². The second-order valence-electron chi connectivity index (χ2n) is 9.12. The van der Waals surface area contributed by atoms with Crippen molar-refractivity contribution in [1.82, 2.24) is 9.62 Å². The van der Waals surface area contributed by atoms with Crippen molar-refractivity contribution in [1.29, 1.82) is 0 Å². The summed E-state index contributed by atoms with van der Waals surface area (Å²) in [6.07, 6.45) is 0.972. The lowest BCUT2D eigenvalue weighted by Crippen LogP contribution is -2.35. The SMILES string of the molecule is CSNC(=O)c1cc(C2CC2)c(OCC2CCN(Cc3ccc(C(F)(F)F)c(Cl)c3)CC2)cc1F. The van der Waals surface area contributed by atoms with Crippen LogP contribution in [0.3, 0.4) is 0 Å². The van der Waals surface area contributed by atoms with Crippen LogP contribution in [-0.4, -0.2) is 36.8 Å². The minimum atomic E-state index is -4.46. The molecule has 2 aromatic rings. The van der Waals surface area contributed by atoms with Crippen molar-refractivity contribution in [2.75, 3.05) is 26.0 Å². The molecule has 0 bridgehead atoms. The van der Waals surface area contributed by atoms with Crippen molar-refractivity contribution in [2.45, 2.75) is 44.3 Å². The van der Waals surface area contributed by atoms with Gasteiger partial charge < -0.3 is 4.74 Å². The van der Waals surface area contributed by atoms with Crippen molar-refractivity contribution in [3.8, 4) is 5.75 Å². The summed E-state index contributed by atoms with van der Waals surface area (Å²) in [6.45, 7) is 2.55. The third kappa shape index (κ3) is 6.62. The number of alkyl halides is 3. The first-order chi connectivity index (χ1) is 16.7. The molecule has 1 amide bonds. The van der Waals surface area contributed by atoms with E-state index in [9.17, 15) is 22.4 Å². The third-order valence-corrected chi connectivity index (χ3v) is 7.19. The topological polar surface area (TPSA) is 41.6 Å². The average Bonchev–Trinajstić information content (AvgIpc) is 3.63. The Kier molecular flexibility index (Phi) is 8.18. The van der Waals surface area contributed by atoms with Gasteiger partial charge in [0.1, 0.15) is 11.6 Å². The predicted octanol–water partition coefficient (Wildman–Crippen LogP) is 6.67. The van der Waals surface area contributed by atoms with Gasteiger partial charge in [-0.2, -0.15) is 13.2 Å². The van der Waals surface area contributed by atoms with Crippen molar-refractivity contribution >= 4 is 29.5 Å². The van der Waals surface area contributed by atoms with E-state index in [2.05, 4.69) is 9.62 Å². The normalized spacial score (nSPS) is 17.4. The number of benzene rings is 2. The fraction of sp³-hybridized carbons (Fsp3) is 0.480. The molecule has 1 N–H and O–H groups in total. The van der Waals surface area contributed by atoms with E-state index in [4.69, 9.17) is 16.3 Å². The molecule has 35 heavy (non-hydrogen) atoms. The van der Waals surface area contributed by atoms with E-state index in [1.54, 1.807) is 12.3 Å². The molecule has 1 aliphatic carbocycles. The minimum absolute atomic E-state index is 0.0327. The number of carbonyl (C=O) groups excluding carboxylic acids is 1. The van der Waals surface area contributed by atoms with Crippen LogP contribution in [0.5, 0.6) is 5.75 Å². The molecule has 0 radical (unpaired) electrons. The van der Waals surface area contributed by atoms with Crippen LogP contribution < -0.4 is 9.46 Å². The van der Waals surface area contributed by atoms with E-state index in [0.717, 1.165) is 67.9 Å². The molecule has 2 aliphatic rings. The summed E-state index contributed by atoms with van der Waals surface area (Å²) in [5, 5.41) is -0.283. The van der Waals surface area contributed by atoms with E-state index in [1.165, 1.54) is 18.2 Å². The molecule has 0 aromatic heterocycles. The molecule has 0 unspecified atom stereocenters. The van der Waals surface area contributed by atoms with Gasteiger partial charge in [-0.15, -0.1) is 0 Å². The second kappa shape index (κ2) is 11.0. The molecule has 4 nitrogen and oxygen atoms in total. The zero-order valence-corrected chi connectivity index (χ0v) is 20.8. The lowest BCUT2D eigenvalue weighted by Gasteiger charge is -2.32. The highest BCUT2D eigenvalue weighted by molar-refractivity contribution is 7.97. The quantitative estimate of drug-likeness (QED) is 0.305. The monoisotopic (exact) mass is 530 g/mol. The number of hydrogen-bond donors (Lipinski definition) is 1. The fourth-order valence-electron chi connectivity index (χ4n) is 4.40. The largest absolute Gasteiger partial charge is 0.493 e. The first kappa shape index (κ1) is 26.1. The Balaban J connectivity index is 1.32. The number of ether oxygens (including phenoxy) is 1. The Labute approximate surface area is 211 Å². The Bertz CT molecular complexity index is 1070. The maximum absolute atomic E-state index is 14.6. The third-order valence-electron chi connectivity index (χ3n) is 6.48. The van der Waals surface area contributed by atoms with Crippen LogP contribution in [0.15, 0.2) is 30.3 Å². The lowest BCUT2D eigenvalue weighted by molar-refractivity contribution is -0.137. The van der Waals surface area contributed by atoms with Gasteiger partial charge in [-0.1, -0.05) is 29.6 Å². The maximum atomic E-state index is 14.6. The van der Waals surface area contributed by atoms with Crippen LogP contribution >= 0.6 is 23.5 Å². The molecule has 1 saturated carbocycles. The smallest absolute Gasteiger partial charge is 0.417 e. The van der Waals surface area contributed by atoms with Crippen LogP contribution in [0.2, 0.25) is 5.02 Å². The van der Waals surface area contributed by atoms with Gasteiger partial charge in [-0.05, 0) is 79.9 Å². The summed E-state index contributed by atoms with van der Waals surface area (Å²) in [7, 11) is 0. The van der Waals surface area contributed by atoms with E-state index in [0.29, 0.717) is 24.8 Å². The lowest BCUT2D eigenvalue weighted by atomic mass is 9.97. The summed E-state index contributed by atoms with van der Waals surface area (Å²) < 4.78 is 61.9. The number of piperidine rings is 1. The van der Waals surface area contributed by atoms with Crippen molar-refractivity contribution in [2.24, 2.45) is 5.92 Å². The van der Waals surface area contributed by atoms with Gasteiger partial charge in [0.2, 0.25) is 0 Å². The summed E-state index contributed by atoms with van der Waals surface area (Å²) in [5.74, 6) is 0.0412. The summed E-state index contributed by atoms with van der Waals surface area (Å²) >= 11 is 6.97. The zero-order valence-electron chi connectivity index (χ0n) is 19.3. The average molecular weight is 531 g/mol. The van der Waals surface area contributed by atoms with Crippen LogP contribution in [0.1, 0.15) is 58.6 Å². The van der Waals surface area contributed by atoms with E-state index >= 15 is 0 Å². The van der Waals surface area contributed by atoms with E-state index in [-0.39, 0.29) is 16.5 Å². The van der Waals surface area contributed by atoms with Gasteiger partial charge in [0, 0.05) is 18.9 Å². The number of carbonyl (C=O) groups is 1. The molecular formula is C25H27ClF4N2O2S. The Morgan fingerprint density at radius 1 is 1.17 bits per heavy atom. The summed E-state index contributed by atoms with van der Waals surface area (Å²) in [6, 6.07) is 6.83. The second-order valence-corrected chi connectivity index (χ2v) is 10.1. The van der Waals surface area contributed by atoms with Crippen LogP contribution in [0.25, 0.3) is 0 Å². The molecule has 0 atom stereocenters. The summed E-state index contributed by atoms with van der Waals surface area (Å²) in [5.41, 5.74) is 0.839. The number of halogens is 5. The van der Waals surface area contributed by atoms with E-state index in [1.807, 2.05) is 0 Å². The highest BCUT2D eigenvalue weighted by atomic mass is 35.5. The van der Waals surface area contributed by atoms with Crippen LogP contribution in [0, 0.1) is 11.7 Å². The number of rotatable bonds is 8. The van der Waals surface area contributed by atoms with Gasteiger partial charge in [0.05, 0.1) is 22.8 Å². The first-order valence-corrected chi connectivity index (χ1v) is 13.1. The van der Waals surface area contributed by atoms with Gasteiger partial charge in [-0.25, -0.2) is 4.39 Å². The fourth-order valence-corrected chi connectivity index (χ4v) is 5.00. The number of amides is 1. The molecule has 1 aliphatic heterocycles. The number of hydrogen-bond acceptors (Lipinski definition) is 4. The molecule has 190 valence electrons. The Hall–Kier alpha value is -1.97. The molecule has 10 heteroatoms. The predicted molar refractivity (Wildman–Crippen MR) is 129 cm³/mol. The molecule has 4 rings (SSSR count). The number of nitrogens with one attached hydrogen (secondary N) is 1. The van der Waals surface area contributed by atoms with E-state index < -0.39 is 23.5 Å². The van der Waals surface area contributed by atoms with Crippen molar-refractivity contribution in [3.05, 3.63) is 63.4 Å². The standard InChI is InChI=1S/C25H27ClF4N2O2S/c1-35-31-24(33)19-11-18(17-3-4-17)23(12-22(19)27)34-14-15-6-8-32(9-7-15)13-16-2-5-20(21(26)10-16)25(28,29)30/h2,5,10-12,15,17H,3-4,6-9,13-14H2,1H3,(H,31,33). The minimum Gasteiger partial charge on any atom is -0.493 e. The van der Waals surface area contributed by atoms with Crippen molar-refractivity contribution < 1.29 is 27.1 Å². The highest BCUT2D eigenvalue weighted by Gasteiger charge is 2.33. The molecule has 2 fully saturated rings. The molecular weight excluding hydrogens is 504 g/mol. The molecule has 2 aromatic carbocycles. The molecule has 1 saturated heterocycles. The molecule has 1 heterocycles. The van der Waals surface area contributed by atoms with Crippen LogP contribution in [-0.2, 0) is 12.7 Å². The van der Waals surface area contributed by atoms with Gasteiger partial charge in [-0.3, -0.25) is 14.4 Å². The first-order valence-electron chi connectivity index (χ1n) is 11.5. The Morgan fingerprint density at radius 3 is 2.49 bits per heavy atom. The van der Waals surface area contributed by atoms with Crippen molar-refractivity contribution in [3.63, 3.8) is 0 Å². The molecule has 0 spiro atoms. The highest BCUT2D eigenvalue weighted by Crippen LogP contribution is 2.45. The number of nitrogens with zero attached hydrogens (tertiary/aromatic N) is 1. The van der Waals surface area contributed by atoms with Crippen LogP contribution in [0.4, 0.5) is 17.6 Å². The zero-order chi connectivity index (χ0) is 25.2. The van der Waals surface area contributed by atoms with Gasteiger partial charge in [0.15, 0.2) is 0 Å². The number of likely N-dealkylation sites (tertiary alicyclic amines) is 1. The summed E-state index contributed by atoms with van der Waals surface area (Å²) in [4.78, 5) is 14.3. The Morgan fingerprint density at radius 2 is 1.89 bits per heavy atom. The maximum Gasteiger partial charge on any atom is 0.417 e.